The van der Waals surface area contributed by atoms with Crippen molar-refractivity contribution in [3.8, 4) is 17.3 Å². The van der Waals surface area contributed by atoms with E-state index in [1.165, 1.54) is 17.3 Å². The van der Waals surface area contributed by atoms with Crippen LogP contribution in [0.1, 0.15) is 31.9 Å². The van der Waals surface area contributed by atoms with E-state index in [1.54, 1.807) is 39.1 Å². The number of benzene rings is 1. The van der Waals surface area contributed by atoms with Crippen LogP contribution in [0.2, 0.25) is 0 Å². The zero-order chi connectivity index (χ0) is 24.5. The summed E-state index contributed by atoms with van der Waals surface area (Å²) in [5.74, 6) is 0.253. The van der Waals surface area contributed by atoms with Crippen LogP contribution < -0.4 is 10.2 Å². The monoisotopic (exact) mass is 467 g/mol. The van der Waals surface area contributed by atoms with Crippen molar-refractivity contribution in [2.24, 2.45) is 0 Å². The molecule has 1 aromatic carbocycles. The van der Waals surface area contributed by atoms with Crippen molar-refractivity contribution in [1.82, 2.24) is 19.7 Å². The molecule has 176 valence electrons. The van der Waals surface area contributed by atoms with E-state index in [4.69, 9.17) is 4.74 Å². The highest BCUT2D eigenvalue weighted by molar-refractivity contribution is 5.93. The highest BCUT2D eigenvalue weighted by Gasteiger charge is 2.31. The fraction of sp³-hybridized carbons (Fsp3) is 0.348. The molecule has 1 N–H and O–H groups in total. The number of ether oxygens (including phenoxy) is 1. The topological polar surface area (TPSA) is 109 Å². The van der Waals surface area contributed by atoms with E-state index in [-0.39, 0.29) is 5.95 Å². The molecule has 3 heterocycles. The molecule has 0 bridgehead atoms. The summed E-state index contributed by atoms with van der Waals surface area (Å²) in [4.78, 5) is 22.8. The van der Waals surface area contributed by atoms with Gasteiger partial charge < -0.3 is 10.1 Å². The van der Waals surface area contributed by atoms with Gasteiger partial charge in [0.25, 0.3) is 6.43 Å². The van der Waals surface area contributed by atoms with Crippen molar-refractivity contribution in [1.29, 1.82) is 5.26 Å². The fourth-order valence-corrected chi connectivity index (χ4v) is 3.66. The Morgan fingerprint density at radius 3 is 2.85 bits per heavy atom. The van der Waals surface area contributed by atoms with Crippen molar-refractivity contribution >= 4 is 23.4 Å². The molecule has 0 saturated carbocycles. The summed E-state index contributed by atoms with van der Waals surface area (Å²) in [5, 5.41) is 16.6. The van der Waals surface area contributed by atoms with Gasteiger partial charge in [0, 0.05) is 24.5 Å². The number of nitriles is 1. The summed E-state index contributed by atoms with van der Waals surface area (Å²) in [6.45, 7) is 5.29. The number of nitrogens with zero attached hydrogens (tertiary/aromatic N) is 6. The average molecular weight is 467 g/mol. The number of nitrogens with one attached hydrogen (secondary N) is 1. The van der Waals surface area contributed by atoms with Crippen molar-refractivity contribution in [2.75, 3.05) is 16.8 Å². The molecular formula is C23H23F2N7O2. The third-order valence-electron chi connectivity index (χ3n) is 4.96. The standard InChI is InChI=1S/C23H23F2N7O2/c1-23(2,3)34-22(33)32-7-5-14-8-15(9-16(10-26)20(14)32)18-4-6-27-21(30-18)29-17-11-28-31(12-17)13-19(24)25/h4,6,8-9,11-12,19H,5,7,13H2,1-3H3,(H,27,29,30). The van der Waals surface area contributed by atoms with E-state index >= 15 is 0 Å². The predicted octanol–water partition coefficient (Wildman–Crippen LogP) is 4.52. The molecule has 0 unspecified atom stereocenters. The highest BCUT2D eigenvalue weighted by Crippen LogP contribution is 2.36. The van der Waals surface area contributed by atoms with Crippen LogP contribution in [-0.4, -0.2) is 44.4 Å². The molecule has 0 aliphatic carbocycles. The number of carbonyl (C=O) groups excluding carboxylic acids is 1. The van der Waals surface area contributed by atoms with Gasteiger partial charge in [0.05, 0.1) is 28.8 Å². The SMILES string of the molecule is CC(C)(C)OC(=O)N1CCc2cc(-c3ccnc(Nc4cnn(CC(F)F)c4)n3)cc(C#N)c21. The van der Waals surface area contributed by atoms with E-state index < -0.39 is 24.7 Å². The summed E-state index contributed by atoms with van der Waals surface area (Å²) < 4.78 is 31.7. The summed E-state index contributed by atoms with van der Waals surface area (Å²) in [6.07, 6.45) is 1.99. The second-order valence-corrected chi connectivity index (χ2v) is 8.76. The zero-order valence-electron chi connectivity index (χ0n) is 18.9. The number of aromatic nitrogens is 4. The molecule has 11 heteroatoms. The molecule has 4 rings (SSSR count). The molecule has 0 radical (unpaired) electrons. The Balaban J connectivity index is 1.60. The molecule has 9 nitrogen and oxygen atoms in total. The molecule has 1 aliphatic rings. The minimum Gasteiger partial charge on any atom is -0.443 e. The van der Waals surface area contributed by atoms with Gasteiger partial charge in [-0.1, -0.05) is 0 Å². The third kappa shape index (κ3) is 5.11. The Hall–Kier alpha value is -4.07. The second-order valence-electron chi connectivity index (χ2n) is 8.76. The van der Waals surface area contributed by atoms with Gasteiger partial charge in [-0.05, 0) is 51.0 Å². The van der Waals surface area contributed by atoms with Crippen molar-refractivity contribution < 1.29 is 18.3 Å². The molecule has 0 saturated heterocycles. The first-order valence-electron chi connectivity index (χ1n) is 10.6. The van der Waals surface area contributed by atoms with E-state index in [9.17, 15) is 18.8 Å². The lowest BCUT2D eigenvalue weighted by atomic mass is 10.0. The number of fused-ring (bicyclic) bond motifs is 1. The molecule has 1 aliphatic heterocycles. The molecule has 34 heavy (non-hydrogen) atoms. The van der Waals surface area contributed by atoms with E-state index in [1.807, 2.05) is 6.07 Å². The lowest BCUT2D eigenvalue weighted by molar-refractivity contribution is 0.0584. The minimum atomic E-state index is -2.51. The van der Waals surface area contributed by atoms with Crippen LogP contribution in [0, 0.1) is 11.3 Å². The first kappa shape index (κ1) is 23.1. The average Bonchev–Trinajstić information content (AvgIpc) is 3.38. The predicted molar refractivity (Wildman–Crippen MR) is 121 cm³/mol. The second kappa shape index (κ2) is 9.05. The van der Waals surface area contributed by atoms with Gasteiger partial charge in [-0.15, -0.1) is 0 Å². The zero-order valence-corrected chi connectivity index (χ0v) is 18.9. The van der Waals surface area contributed by atoms with E-state index in [0.717, 1.165) is 10.2 Å². The van der Waals surface area contributed by atoms with Crippen molar-refractivity contribution in [2.45, 2.75) is 45.8 Å². The van der Waals surface area contributed by atoms with Gasteiger partial charge in [0.2, 0.25) is 5.95 Å². The summed E-state index contributed by atoms with van der Waals surface area (Å²) in [6, 6.07) is 7.45. The third-order valence-corrected chi connectivity index (χ3v) is 4.96. The Morgan fingerprint density at radius 2 is 2.15 bits per heavy atom. The van der Waals surface area contributed by atoms with Crippen molar-refractivity contribution in [3.05, 3.63) is 47.9 Å². The number of carbonyl (C=O) groups is 1. The van der Waals surface area contributed by atoms with Crippen LogP contribution in [0.4, 0.5) is 30.9 Å². The Labute approximate surface area is 195 Å². The lowest BCUT2D eigenvalue weighted by Gasteiger charge is -2.25. The van der Waals surface area contributed by atoms with E-state index in [2.05, 4.69) is 26.5 Å². The number of anilines is 3. The summed E-state index contributed by atoms with van der Waals surface area (Å²) in [5.41, 5.74) is 2.83. The summed E-state index contributed by atoms with van der Waals surface area (Å²) in [7, 11) is 0. The largest absolute Gasteiger partial charge is 0.443 e. The van der Waals surface area contributed by atoms with Gasteiger partial charge in [0.15, 0.2) is 0 Å². The van der Waals surface area contributed by atoms with Gasteiger partial charge in [-0.2, -0.15) is 10.4 Å². The summed E-state index contributed by atoms with van der Waals surface area (Å²) >= 11 is 0. The Bertz CT molecular complexity index is 1260. The molecule has 1 amide bonds. The van der Waals surface area contributed by atoms with Crippen molar-refractivity contribution in [3.63, 3.8) is 0 Å². The van der Waals surface area contributed by atoms with Crippen LogP contribution in [0.3, 0.4) is 0 Å². The molecular weight excluding hydrogens is 444 g/mol. The number of hydrogen-bond donors (Lipinski definition) is 1. The molecule has 2 aromatic heterocycles. The number of alkyl halides is 2. The van der Waals surface area contributed by atoms with Gasteiger partial charge in [-0.25, -0.2) is 23.5 Å². The first-order chi connectivity index (χ1) is 16.1. The normalized spacial score (nSPS) is 13.0. The lowest BCUT2D eigenvalue weighted by Crippen LogP contribution is -2.36. The van der Waals surface area contributed by atoms with Crippen LogP contribution >= 0.6 is 0 Å². The molecule has 0 fully saturated rings. The Morgan fingerprint density at radius 1 is 1.35 bits per heavy atom. The van der Waals surface area contributed by atoms with Crippen LogP contribution in [0.5, 0.6) is 0 Å². The number of halogens is 2. The van der Waals surface area contributed by atoms with Gasteiger partial charge in [0.1, 0.15) is 18.2 Å². The van der Waals surface area contributed by atoms with Gasteiger partial charge >= 0.3 is 6.09 Å². The number of amides is 1. The number of hydrogen-bond acceptors (Lipinski definition) is 7. The first-order valence-corrected chi connectivity index (χ1v) is 10.6. The minimum absolute atomic E-state index is 0.253. The molecule has 3 aromatic rings. The van der Waals surface area contributed by atoms with Gasteiger partial charge in [-0.3, -0.25) is 9.58 Å². The quantitative estimate of drug-likeness (QED) is 0.588. The van der Waals surface area contributed by atoms with E-state index in [0.29, 0.717) is 41.2 Å². The maximum atomic E-state index is 12.6. The Kier molecular flexibility index (Phi) is 6.15. The fourth-order valence-electron chi connectivity index (χ4n) is 3.66. The number of rotatable bonds is 5. The maximum absolute atomic E-state index is 12.6. The van der Waals surface area contributed by atoms with Crippen LogP contribution in [0.15, 0.2) is 36.8 Å². The van der Waals surface area contributed by atoms with Crippen LogP contribution in [0.25, 0.3) is 11.3 Å². The maximum Gasteiger partial charge on any atom is 0.414 e. The smallest absolute Gasteiger partial charge is 0.414 e. The molecule has 0 atom stereocenters. The highest BCUT2D eigenvalue weighted by atomic mass is 19.3. The molecule has 0 spiro atoms. The van der Waals surface area contributed by atoms with Crippen LogP contribution in [-0.2, 0) is 17.7 Å².